The molecule has 12 atom stereocenters. The highest BCUT2D eigenvalue weighted by molar-refractivity contribution is 5.85. The summed E-state index contributed by atoms with van der Waals surface area (Å²) in [6.07, 6.45) is 32.8. The van der Waals surface area contributed by atoms with Crippen LogP contribution in [0.4, 0.5) is 0 Å². The van der Waals surface area contributed by atoms with Gasteiger partial charge in [0.2, 0.25) is 25.2 Å². The molecule has 12 heteroatoms. The van der Waals surface area contributed by atoms with E-state index in [-0.39, 0.29) is 46.8 Å². The number of rotatable bonds is 41. The molecule has 4 bridgehead atoms. The van der Waals surface area contributed by atoms with Gasteiger partial charge in [0.1, 0.15) is 46.0 Å². The first kappa shape index (κ1) is 123. The van der Waals surface area contributed by atoms with Crippen LogP contribution >= 0.6 is 0 Å². The third kappa shape index (κ3) is 39.5. The number of methoxy groups -OCH3 is 1. The van der Waals surface area contributed by atoms with Gasteiger partial charge in [-0.15, -0.1) is 0 Å². The Morgan fingerprint density at radius 1 is 0.320 bits per heavy atom. The number of benzene rings is 11. The van der Waals surface area contributed by atoms with Gasteiger partial charge in [0, 0.05) is 28.8 Å². The van der Waals surface area contributed by atoms with Crippen molar-refractivity contribution in [2.75, 3.05) is 20.3 Å². The highest BCUT2D eigenvalue weighted by Crippen LogP contribution is 2.62. The standard InChI is InChI=1S/C28H36O2.C25H40O2.C23H32O2.C22H32O2.4C10H14O/c1-6-21(3)22-15-17-25(18-16-22)30-27(28(4,5)7-2)29-20-19-24-13-10-12-23-11-8-9-14-26(23)24;1-4-20(2)22-13-15-23(16-14-22)27-24(25(3)17-9-6-10-18-25)26-19-21-11-7-5-8-12-21;1-6-18(3)20-13-15-21(16-14-20)25-22(23(4,5)7-2)24-17-19-11-9-8-10-12-19;1-4-15(2)19-5-7-20(8-6-19)24-21(23-3)22-12-16-9-17(13-22)11-18(10-16)14-22;4*1-3-8(2)9-4-6-10(11)7-5-9/h8-18,21,27H,6-7,19-20H2,1-5H3;13-16,20-21,24H,4-12,17-19H2,1-3H3;8-16,18,22H,6-7,17H2,1-5H3;5-8,15-18,21H,4,9-14H2,1-3H3;4*4-8,11H,3H2,1-2H3. The zero-order valence-electron chi connectivity index (χ0n) is 96.9. The third-order valence-electron chi connectivity index (χ3n) is 34.0. The number of phenols is 4. The fourth-order valence-electron chi connectivity index (χ4n) is 21.2. The van der Waals surface area contributed by atoms with Crippen molar-refractivity contribution in [3.05, 3.63) is 323 Å². The van der Waals surface area contributed by atoms with Crippen LogP contribution in [-0.2, 0) is 32.0 Å². The largest absolute Gasteiger partial charge is 0.508 e. The SMILES string of the molecule is CCC(C)c1ccc(O)cc1.CCC(C)c1ccc(O)cc1.CCC(C)c1ccc(O)cc1.CCC(C)c1ccc(O)cc1.CCC(C)c1ccc(OC(OC)C23CC4CC(CC(C4)C2)C3)cc1.CCC(C)c1ccc(OC(OCC2CCCCC2)C2(C)CCCCC2)cc1.CCC(C)c1ccc(OC(OCCc2cccc3ccccc23)C(C)(C)CC)cc1.CCC(C)c1ccc(OC(OCc2ccccc2)C(C)(C)CC)cc1. The minimum absolute atomic E-state index is 0.0653. The summed E-state index contributed by atoms with van der Waals surface area (Å²) in [4.78, 5) is 0. The van der Waals surface area contributed by atoms with Gasteiger partial charge in [-0.3, -0.25) is 0 Å². The van der Waals surface area contributed by atoms with Gasteiger partial charge in [-0.2, -0.15) is 0 Å². The van der Waals surface area contributed by atoms with E-state index >= 15 is 0 Å². The van der Waals surface area contributed by atoms with Crippen LogP contribution in [-0.4, -0.2) is 65.9 Å². The van der Waals surface area contributed by atoms with Crippen LogP contribution in [0.25, 0.3) is 10.8 Å². The molecule has 0 saturated heterocycles. The molecule has 150 heavy (non-hydrogen) atoms. The Balaban J connectivity index is 0.000000196. The number of hydrogen-bond donors (Lipinski definition) is 4. The van der Waals surface area contributed by atoms with Crippen LogP contribution in [0, 0.1) is 45.3 Å². The Morgan fingerprint density at radius 2 is 0.620 bits per heavy atom. The predicted octanol–water partition coefficient (Wildman–Crippen LogP) is 39.2. The Labute approximate surface area is 909 Å². The second-order valence-corrected chi connectivity index (χ2v) is 46.2. The van der Waals surface area contributed by atoms with Crippen LogP contribution in [0.3, 0.4) is 0 Å². The van der Waals surface area contributed by atoms with Crippen LogP contribution in [0.5, 0.6) is 46.0 Å². The molecule has 12 nitrogen and oxygen atoms in total. The summed E-state index contributed by atoms with van der Waals surface area (Å²) in [6, 6.07) is 89.4. The molecule has 0 aromatic heterocycles. The summed E-state index contributed by atoms with van der Waals surface area (Å²) in [5.74, 6) is 13.3. The quantitative estimate of drug-likeness (QED) is 0.0270. The van der Waals surface area contributed by atoms with Crippen molar-refractivity contribution in [3.63, 3.8) is 0 Å². The average Bonchev–Trinajstić information content (AvgIpc) is 0.735. The molecule has 17 rings (SSSR count). The van der Waals surface area contributed by atoms with E-state index in [4.69, 9.17) is 58.3 Å². The number of aromatic hydroxyl groups is 4. The lowest BCUT2D eigenvalue weighted by Gasteiger charge is -2.58. The lowest BCUT2D eigenvalue weighted by Crippen LogP contribution is -2.53. The molecule has 11 aromatic rings. The minimum atomic E-state index is -0.285. The predicted molar refractivity (Wildman–Crippen MR) is 630 cm³/mol. The van der Waals surface area contributed by atoms with E-state index in [0.717, 1.165) is 117 Å². The fourth-order valence-corrected chi connectivity index (χ4v) is 21.2. The maximum Gasteiger partial charge on any atom is 0.205 e. The molecule has 0 amide bonds. The van der Waals surface area contributed by atoms with E-state index in [1.165, 1.54) is 176 Å². The van der Waals surface area contributed by atoms with Crippen molar-refractivity contribution in [1.82, 2.24) is 0 Å². The smallest absolute Gasteiger partial charge is 0.205 e. The molecule has 820 valence electrons. The van der Waals surface area contributed by atoms with Gasteiger partial charge in [0.05, 0.1) is 19.8 Å². The maximum absolute atomic E-state index is 9.01. The van der Waals surface area contributed by atoms with Crippen molar-refractivity contribution < 1.29 is 58.3 Å². The molecule has 0 spiro atoms. The van der Waals surface area contributed by atoms with Crippen LogP contribution < -0.4 is 18.9 Å². The normalized spacial score (nSPS) is 18.9. The number of fused-ring (bicyclic) bond motifs is 1. The molecular formula is C138H196O12. The summed E-state index contributed by atoms with van der Waals surface area (Å²) < 4.78 is 50.4. The van der Waals surface area contributed by atoms with Gasteiger partial charge in [-0.05, 0) is 369 Å². The average molecular weight is 2050 g/mol. The Morgan fingerprint density at radius 3 is 0.953 bits per heavy atom. The van der Waals surface area contributed by atoms with Crippen molar-refractivity contribution in [3.8, 4) is 46.0 Å². The van der Waals surface area contributed by atoms with E-state index in [9.17, 15) is 0 Å². The Bertz CT molecular complexity index is 5200. The van der Waals surface area contributed by atoms with Crippen LogP contribution in [0.15, 0.2) is 267 Å². The Hall–Kier alpha value is -10.1. The minimum Gasteiger partial charge on any atom is -0.508 e. The maximum atomic E-state index is 9.01. The van der Waals surface area contributed by atoms with Crippen LogP contribution in [0.2, 0.25) is 0 Å². The highest BCUT2D eigenvalue weighted by Gasteiger charge is 2.56. The zero-order chi connectivity index (χ0) is 109. The van der Waals surface area contributed by atoms with Gasteiger partial charge in [0.15, 0.2) is 0 Å². The highest BCUT2D eigenvalue weighted by atomic mass is 16.7. The molecule has 6 fully saturated rings. The first-order valence-corrected chi connectivity index (χ1v) is 58.2. The molecule has 6 aliphatic carbocycles. The zero-order valence-corrected chi connectivity index (χ0v) is 96.9. The summed E-state index contributed by atoms with van der Waals surface area (Å²) >= 11 is 0. The molecule has 6 aliphatic rings. The third-order valence-corrected chi connectivity index (χ3v) is 34.0. The number of hydrogen-bond acceptors (Lipinski definition) is 12. The Kier molecular flexibility index (Phi) is 52.3. The van der Waals surface area contributed by atoms with Gasteiger partial charge < -0.3 is 58.3 Å². The number of phenolic OH excluding ortho intramolecular Hbond substituents is 4. The molecule has 12 unspecified atom stereocenters. The second-order valence-electron chi connectivity index (χ2n) is 46.2. The van der Waals surface area contributed by atoms with Crippen molar-refractivity contribution >= 4 is 10.8 Å². The topological polar surface area (TPSA) is 155 Å². The first-order valence-electron chi connectivity index (χ1n) is 58.2. The lowest BCUT2D eigenvalue weighted by molar-refractivity contribution is -0.204. The molecule has 6 saturated carbocycles. The summed E-state index contributed by atoms with van der Waals surface area (Å²) in [5, 5.41) is 38.6. The van der Waals surface area contributed by atoms with E-state index in [0.29, 0.717) is 83.6 Å². The summed E-state index contributed by atoms with van der Waals surface area (Å²) in [5.41, 5.74) is 13.4. The van der Waals surface area contributed by atoms with E-state index in [2.05, 4.69) is 311 Å². The van der Waals surface area contributed by atoms with E-state index in [1.54, 1.807) is 48.5 Å². The molecule has 4 N–H and O–H groups in total. The summed E-state index contributed by atoms with van der Waals surface area (Å²) in [7, 11) is 1.83. The number of ether oxygens (including phenoxy) is 8. The van der Waals surface area contributed by atoms with E-state index < -0.39 is 0 Å². The van der Waals surface area contributed by atoms with Gasteiger partial charge in [0.25, 0.3) is 0 Å². The molecule has 11 aromatic carbocycles. The second kappa shape index (κ2) is 63.5. The molecular weight excluding hydrogens is 1850 g/mol. The van der Waals surface area contributed by atoms with Crippen LogP contribution in [0.1, 0.15) is 429 Å². The first-order chi connectivity index (χ1) is 72.1. The summed E-state index contributed by atoms with van der Waals surface area (Å²) in [6.45, 7) is 53.0. The lowest BCUT2D eigenvalue weighted by atomic mass is 9.49. The molecule has 0 radical (unpaired) electrons. The monoisotopic (exact) mass is 2050 g/mol. The molecule has 0 heterocycles. The van der Waals surface area contributed by atoms with Gasteiger partial charge in [-0.1, -0.05) is 368 Å². The van der Waals surface area contributed by atoms with Gasteiger partial charge >= 0.3 is 0 Å². The van der Waals surface area contributed by atoms with Crippen molar-refractivity contribution in [1.29, 1.82) is 0 Å². The van der Waals surface area contributed by atoms with Gasteiger partial charge in [-0.25, -0.2) is 0 Å². The van der Waals surface area contributed by atoms with Crippen molar-refractivity contribution in [2.45, 2.75) is 412 Å². The van der Waals surface area contributed by atoms with E-state index in [1.807, 2.05) is 73.8 Å². The molecule has 0 aliphatic heterocycles. The fraction of sp³-hybridized carbons (Fsp3) is 0.536. The van der Waals surface area contributed by atoms with Crippen molar-refractivity contribution in [2.24, 2.45) is 45.3 Å².